The van der Waals surface area contributed by atoms with Gasteiger partial charge in [-0.15, -0.1) is 0 Å². The zero-order valence-corrected chi connectivity index (χ0v) is 10.2. The van der Waals surface area contributed by atoms with Crippen molar-refractivity contribution in [1.82, 2.24) is 4.98 Å². The maximum absolute atomic E-state index is 10.7. The molecule has 0 saturated heterocycles. The SMILES string of the molecule is CC(CC(=O)O)c1cncc(-c2ccccc2)c1. The summed E-state index contributed by atoms with van der Waals surface area (Å²) in [7, 11) is 0. The van der Waals surface area contributed by atoms with E-state index in [1.165, 1.54) is 0 Å². The average molecular weight is 241 g/mol. The number of carboxylic acid groups (broad SMARTS) is 1. The second kappa shape index (κ2) is 5.45. The molecule has 0 aliphatic rings. The Morgan fingerprint density at radius 1 is 1.22 bits per heavy atom. The smallest absolute Gasteiger partial charge is 0.303 e. The third-order valence-corrected chi connectivity index (χ3v) is 2.92. The molecule has 18 heavy (non-hydrogen) atoms. The summed E-state index contributed by atoms with van der Waals surface area (Å²) < 4.78 is 0. The zero-order chi connectivity index (χ0) is 13.0. The number of hydrogen-bond donors (Lipinski definition) is 1. The third kappa shape index (κ3) is 2.94. The van der Waals surface area contributed by atoms with Crippen molar-refractivity contribution in [2.75, 3.05) is 0 Å². The van der Waals surface area contributed by atoms with Crippen LogP contribution >= 0.6 is 0 Å². The molecular formula is C15H15NO2. The highest BCUT2D eigenvalue weighted by Gasteiger charge is 2.11. The fourth-order valence-electron chi connectivity index (χ4n) is 1.90. The van der Waals surface area contributed by atoms with Gasteiger partial charge in [-0.2, -0.15) is 0 Å². The number of carbonyl (C=O) groups is 1. The van der Waals surface area contributed by atoms with Crippen molar-refractivity contribution < 1.29 is 9.90 Å². The fourth-order valence-corrected chi connectivity index (χ4v) is 1.90. The Morgan fingerprint density at radius 2 is 1.94 bits per heavy atom. The lowest BCUT2D eigenvalue weighted by atomic mass is 9.96. The molecule has 2 aromatic rings. The highest BCUT2D eigenvalue weighted by atomic mass is 16.4. The van der Waals surface area contributed by atoms with Crippen molar-refractivity contribution in [3.05, 3.63) is 54.4 Å². The highest BCUT2D eigenvalue weighted by molar-refractivity contribution is 5.68. The van der Waals surface area contributed by atoms with E-state index in [-0.39, 0.29) is 12.3 Å². The second-order valence-corrected chi connectivity index (χ2v) is 4.37. The van der Waals surface area contributed by atoms with Crippen LogP contribution in [0.2, 0.25) is 0 Å². The van der Waals surface area contributed by atoms with Crippen LogP contribution in [0.3, 0.4) is 0 Å². The van der Waals surface area contributed by atoms with Crippen LogP contribution in [-0.2, 0) is 4.79 Å². The van der Waals surface area contributed by atoms with Gasteiger partial charge < -0.3 is 5.11 Å². The van der Waals surface area contributed by atoms with E-state index < -0.39 is 5.97 Å². The Morgan fingerprint density at radius 3 is 2.61 bits per heavy atom. The number of aliphatic carboxylic acids is 1. The molecule has 0 spiro atoms. The first-order chi connectivity index (χ1) is 8.66. The predicted octanol–water partition coefficient (Wildman–Crippen LogP) is 3.33. The van der Waals surface area contributed by atoms with E-state index in [4.69, 9.17) is 5.11 Å². The van der Waals surface area contributed by atoms with Crippen molar-refractivity contribution in [1.29, 1.82) is 0 Å². The van der Waals surface area contributed by atoms with Crippen LogP contribution in [0, 0.1) is 0 Å². The summed E-state index contributed by atoms with van der Waals surface area (Å²) in [6.45, 7) is 1.90. The van der Waals surface area contributed by atoms with Crippen LogP contribution < -0.4 is 0 Å². The van der Waals surface area contributed by atoms with Crippen molar-refractivity contribution >= 4 is 5.97 Å². The van der Waals surface area contributed by atoms with Gasteiger partial charge in [0.1, 0.15) is 0 Å². The maximum atomic E-state index is 10.7. The minimum atomic E-state index is -0.785. The molecular weight excluding hydrogens is 226 g/mol. The van der Waals surface area contributed by atoms with Crippen molar-refractivity contribution in [3.63, 3.8) is 0 Å². The molecule has 1 aromatic heterocycles. The van der Waals surface area contributed by atoms with Gasteiger partial charge in [0.15, 0.2) is 0 Å². The van der Waals surface area contributed by atoms with E-state index in [1.807, 2.05) is 43.3 Å². The Bertz CT molecular complexity index is 537. The summed E-state index contributed by atoms with van der Waals surface area (Å²) >= 11 is 0. The van der Waals surface area contributed by atoms with E-state index in [1.54, 1.807) is 12.4 Å². The van der Waals surface area contributed by atoms with Crippen molar-refractivity contribution in [2.45, 2.75) is 19.3 Å². The van der Waals surface area contributed by atoms with E-state index in [0.717, 1.165) is 16.7 Å². The molecule has 3 heteroatoms. The summed E-state index contributed by atoms with van der Waals surface area (Å²) in [6, 6.07) is 12.0. The first-order valence-electron chi connectivity index (χ1n) is 5.89. The van der Waals surface area contributed by atoms with E-state index in [9.17, 15) is 4.79 Å². The topological polar surface area (TPSA) is 50.2 Å². The van der Waals surface area contributed by atoms with Crippen LogP contribution in [0.5, 0.6) is 0 Å². The van der Waals surface area contributed by atoms with Crippen molar-refractivity contribution in [3.8, 4) is 11.1 Å². The largest absolute Gasteiger partial charge is 0.481 e. The van der Waals surface area contributed by atoms with Gasteiger partial charge in [0, 0.05) is 18.0 Å². The molecule has 0 bridgehead atoms. The molecule has 0 fully saturated rings. The number of aromatic nitrogens is 1. The molecule has 1 heterocycles. The average Bonchev–Trinajstić information content (AvgIpc) is 2.39. The highest BCUT2D eigenvalue weighted by Crippen LogP contribution is 2.24. The first-order valence-corrected chi connectivity index (χ1v) is 5.89. The minimum Gasteiger partial charge on any atom is -0.481 e. The molecule has 1 N–H and O–H groups in total. The Balaban J connectivity index is 2.28. The lowest BCUT2D eigenvalue weighted by molar-refractivity contribution is -0.137. The molecule has 3 nitrogen and oxygen atoms in total. The summed E-state index contributed by atoms with van der Waals surface area (Å²) in [5, 5.41) is 8.81. The normalized spacial score (nSPS) is 12.1. The molecule has 1 aromatic carbocycles. The van der Waals surface area contributed by atoms with E-state index in [0.29, 0.717) is 0 Å². The number of rotatable bonds is 4. The summed E-state index contributed by atoms with van der Waals surface area (Å²) in [6.07, 6.45) is 3.66. The van der Waals surface area contributed by atoms with Crippen molar-refractivity contribution in [2.24, 2.45) is 0 Å². The predicted molar refractivity (Wildman–Crippen MR) is 70.3 cm³/mol. The van der Waals surface area contributed by atoms with Gasteiger partial charge in [0.25, 0.3) is 0 Å². The molecule has 0 saturated carbocycles. The quantitative estimate of drug-likeness (QED) is 0.893. The lowest BCUT2D eigenvalue weighted by Crippen LogP contribution is -2.03. The van der Waals surface area contributed by atoms with Crippen LogP contribution in [0.25, 0.3) is 11.1 Å². The van der Waals surface area contributed by atoms with Crippen LogP contribution in [0.15, 0.2) is 48.8 Å². The van der Waals surface area contributed by atoms with E-state index in [2.05, 4.69) is 4.98 Å². The number of carboxylic acids is 1. The standard InChI is InChI=1S/C15H15NO2/c1-11(7-15(17)18)13-8-14(10-16-9-13)12-5-3-2-4-6-12/h2-6,8-11H,7H2,1H3,(H,17,18). The van der Waals surface area contributed by atoms with Gasteiger partial charge in [-0.3, -0.25) is 9.78 Å². The van der Waals surface area contributed by atoms with Crippen LogP contribution in [-0.4, -0.2) is 16.1 Å². The van der Waals surface area contributed by atoms with Crippen LogP contribution in [0.4, 0.5) is 0 Å². The number of pyridine rings is 1. The molecule has 1 unspecified atom stereocenters. The van der Waals surface area contributed by atoms with Gasteiger partial charge in [0.2, 0.25) is 0 Å². The third-order valence-electron chi connectivity index (χ3n) is 2.92. The monoisotopic (exact) mass is 241 g/mol. The fraction of sp³-hybridized carbons (Fsp3) is 0.200. The zero-order valence-electron chi connectivity index (χ0n) is 10.2. The first kappa shape index (κ1) is 12.3. The molecule has 0 amide bonds. The summed E-state index contributed by atoms with van der Waals surface area (Å²) in [4.78, 5) is 14.9. The Labute approximate surface area is 106 Å². The molecule has 92 valence electrons. The number of nitrogens with zero attached hydrogens (tertiary/aromatic N) is 1. The number of benzene rings is 1. The Hall–Kier alpha value is -2.16. The van der Waals surface area contributed by atoms with Gasteiger partial charge >= 0.3 is 5.97 Å². The number of hydrogen-bond acceptors (Lipinski definition) is 2. The summed E-state index contributed by atoms with van der Waals surface area (Å²) in [5.41, 5.74) is 3.07. The molecule has 1 atom stereocenters. The molecule has 2 rings (SSSR count). The molecule has 0 radical (unpaired) electrons. The maximum Gasteiger partial charge on any atom is 0.303 e. The van der Waals surface area contributed by atoms with Gasteiger partial charge in [-0.25, -0.2) is 0 Å². The van der Waals surface area contributed by atoms with Gasteiger partial charge in [-0.1, -0.05) is 37.3 Å². The lowest BCUT2D eigenvalue weighted by Gasteiger charge is -2.10. The second-order valence-electron chi connectivity index (χ2n) is 4.37. The Kier molecular flexibility index (Phi) is 3.72. The summed E-state index contributed by atoms with van der Waals surface area (Å²) in [5.74, 6) is -0.814. The van der Waals surface area contributed by atoms with E-state index >= 15 is 0 Å². The van der Waals surface area contributed by atoms with Gasteiger partial charge in [-0.05, 0) is 23.1 Å². The van der Waals surface area contributed by atoms with Gasteiger partial charge in [0.05, 0.1) is 6.42 Å². The molecule has 0 aliphatic carbocycles. The molecule has 0 aliphatic heterocycles. The van der Waals surface area contributed by atoms with Crippen LogP contribution in [0.1, 0.15) is 24.8 Å². The minimum absolute atomic E-state index is 0.0290.